The van der Waals surface area contributed by atoms with E-state index in [9.17, 15) is 22.8 Å². The molecular weight excluding hydrogens is 371 g/mol. The van der Waals surface area contributed by atoms with E-state index >= 15 is 0 Å². The van der Waals surface area contributed by atoms with Crippen molar-refractivity contribution >= 4 is 23.2 Å². The standard InChI is InChI=1S/C20H20F3N3O2/c21-20(22,23)15-6-4-8-17(12-15)25-19(28)14-5-3-7-16(11-14)24-18(27)13-26-9-1-2-10-26/h3-8,11-12H,1-2,9-10,13H2,(H,24,27)(H,25,28)/p+1. The zero-order chi connectivity index (χ0) is 20.1. The number of nitrogens with one attached hydrogen (secondary N) is 3. The van der Waals surface area contributed by atoms with E-state index in [4.69, 9.17) is 0 Å². The van der Waals surface area contributed by atoms with Gasteiger partial charge in [-0.15, -0.1) is 0 Å². The average Bonchev–Trinajstić information content (AvgIpc) is 3.14. The lowest BCUT2D eigenvalue weighted by Gasteiger charge is -2.13. The summed E-state index contributed by atoms with van der Waals surface area (Å²) in [5, 5.41) is 5.22. The number of anilines is 2. The van der Waals surface area contributed by atoms with Gasteiger partial charge in [0.1, 0.15) is 0 Å². The Labute approximate surface area is 160 Å². The largest absolute Gasteiger partial charge is 0.416 e. The Bertz CT molecular complexity index is 862. The molecule has 148 valence electrons. The van der Waals surface area contributed by atoms with Gasteiger partial charge in [-0.1, -0.05) is 12.1 Å². The van der Waals surface area contributed by atoms with E-state index in [1.807, 2.05) is 0 Å². The van der Waals surface area contributed by atoms with E-state index in [0.717, 1.165) is 38.1 Å². The third kappa shape index (κ3) is 5.32. The van der Waals surface area contributed by atoms with Crippen LogP contribution in [0.5, 0.6) is 0 Å². The fourth-order valence-corrected chi connectivity index (χ4v) is 3.20. The van der Waals surface area contributed by atoms with Crippen molar-refractivity contribution in [3.8, 4) is 0 Å². The third-order valence-electron chi connectivity index (χ3n) is 4.58. The number of carbonyl (C=O) groups excluding carboxylic acids is 2. The molecule has 0 saturated carbocycles. The highest BCUT2D eigenvalue weighted by Crippen LogP contribution is 2.30. The number of alkyl halides is 3. The Hall–Kier alpha value is -2.87. The first-order valence-corrected chi connectivity index (χ1v) is 9.03. The lowest BCUT2D eigenvalue weighted by Crippen LogP contribution is -3.11. The van der Waals surface area contributed by atoms with Gasteiger partial charge < -0.3 is 15.5 Å². The van der Waals surface area contributed by atoms with Crippen LogP contribution in [0.4, 0.5) is 24.5 Å². The molecule has 2 aromatic rings. The summed E-state index contributed by atoms with van der Waals surface area (Å²) in [5.41, 5.74) is -0.0772. The molecule has 1 fully saturated rings. The minimum Gasteiger partial charge on any atom is -0.327 e. The van der Waals surface area contributed by atoms with Gasteiger partial charge in [0, 0.05) is 29.8 Å². The van der Waals surface area contributed by atoms with Crippen molar-refractivity contribution in [2.24, 2.45) is 0 Å². The maximum absolute atomic E-state index is 12.8. The summed E-state index contributed by atoms with van der Waals surface area (Å²) in [7, 11) is 0. The van der Waals surface area contributed by atoms with E-state index < -0.39 is 17.6 Å². The van der Waals surface area contributed by atoms with Gasteiger partial charge in [-0.05, 0) is 36.4 Å². The molecule has 2 amide bonds. The molecule has 3 N–H and O–H groups in total. The monoisotopic (exact) mass is 392 g/mol. The summed E-state index contributed by atoms with van der Waals surface area (Å²) in [6.07, 6.45) is -2.25. The molecule has 8 heteroatoms. The predicted molar refractivity (Wildman–Crippen MR) is 99.3 cm³/mol. The quantitative estimate of drug-likeness (QED) is 0.733. The van der Waals surface area contributed by atoms with Crippen LogP contribution in [0.1, 0.15) is 28.8 Å². The molecule has 1 aliphatic rings. The number of benzene rings is 2. The topological polar surface area (TPSA) is 62.6 Å². The number of carbonyl (C=O) groups is 2. The zero-order valence-electron chi connectivity index (χ0n) is 15.1. The van der Waals surface area contributed by atoms with Gasteiger partial charge in [-0.2, -0.15) is 13.2 Å². The first kappa shape index (κ1) is 19.9. The van der Waals surface area contributed by atoms with E-state index in [1.165, 1.54) is 29.2 Å². The molecule has 0 atom stereocenters. The van der Waals surface area contributed by atoms with Crippen LogP contribution in [0.2, 0.25) is 0 Å². The van der Waals surface area contributed by atoms with Gasteiger partial charge in [-0.25, -0.2) is 0 Å². The molecular formula is C20H21F3N3O2+. The van der Waals surface area contributed by atoms with Crippen LogP contribution in [0, 0.1) is 0 Å². The molecule has 1 heterocycles. The zero-order valence-corrected chi connectivity index (χ0v) is 15.1. The van der Waals surface area contributed by atoms with Crippen molar-refractivity contribution in [2.75, 3.05) is 30.3 Å². The molecule has 0 aromatic heterocycles. The molecule has 1 saturated heterocycles. The van der Waals surface area contributed by atoms with Crippen molar-refractivity contribution in [3.05, 3.63) is 59.7 Å². The smallest absolute Gasteiger partial charge is 0.327 e. The summed E-state index contributed by atoms with van der Waals surface area (Å²) in [5.74, 6) is -0.687. The normalized spacial score (nSPS) is 14.7. The van der Waals surface area contributed by atoms with E-state index in [-0.39, 0.29) is 17.2 Å². The Balaban J connectivity index is 1.64. The minimum atomic E-state index is -4.48. The molecule has 0 unspecified atom stereocenters. The third-order valence-corrected chi connectivity index (χ3v) is 4.58. The number of rotatable bonds is 5. The highest BCUT2D eigenvalue weighted by molar-refractivity contribution is 6.05. The second kappa shape index (κ2) is 8.43. The van der Waals surface area contributed by atoms with Gasteiger partial charge in [0.2, 0.25) is 0 Å². The fraction of sp³-hybridized carbons (Fsp3) is 0.300. The summed E-state index contributed by atoms with van der Waals surface area (Å²) >= 11 is 0. The van der Waals surface area contributed by atoms with Crippen LogP contribution in [-0.4, -0.2) is 31.4 Å². The van der Waals surface area contributed by atoms with Crippen molar-refractivity contribution < 1.29 is 27.7 Å². The predicted octanol–water partition coefficient (Wildman–Crippen LogP) is 2.57. The van der Waals surface area contributed by atoms with Crippen molar-refractivity contribution in [2.45, 2.75) is 19.0 Å². The molecule has 0 spiro atoms. The number of hydrogen-bond donors (Lipinski definition) is 3. The Morgan fingerprint density at radius 3 is 2.25 bits per heavy atom. The molecule has 0 radical (unpaired) electrons. The SMILES string of the molecule is O=C(C[NH+]1CCCC1)Nc1cccc(C(=O)Nc2cccc(C(F)(F)F)c2)c1. The lowest BCUT2D eigenvalue weighted by molar-refractivity contribution is -0.878. The van der Waals surface area contributed by atoms with Crippen LogP contribution in [0.25, 0.3) is 0 Å². The summed E-state index contributed by atoms with van der Waals surface area (Å²) in [4.78, 5) is 25.7. The minimum absolute atomic E-state index is 0.0481. The van der Waals surface area contributed by atoms with Gasteiger partial charge in [0.05, 0.1) is 18.7 Å². The van der Waals surface area contributed by atoms with Gasteiger partial charge in [0.25, 0.3) is 11.8 Å². The number of likely N-dealkylation sites (tertiary alicyclic amines) is 1. The van der Waals surface area contributed by atoms with E-state index in [0.29, 0.717) is 12.2 Å². The molecule has 0 aliphatic carbocycles. The second-order valence-electron chi connectivity index (χ2n) is 6.80. The summed E-state index contributed by atoms with van der Waals surface area (Å²) < 4.78 is 38.4. The molecule has 3 rings (SSSR count). The van der Waals surface area contributed by atoms with Gasteiger partial charge >= 0.3 is 6.18 Å². The van der Waals surface area contributed by atoms with Crippen LogP contribution >= 0.6 is 0 Å². The van der Waals surface area contributed by atoms with Crippen molar-refractivity contribution in [1.29, 1.82) is 0 Å². The van der Waals surface area contributed by atoms with Crippen molar-refractivity contribution in [3.63, 3.8) is 0 Å². The fourth-order valence-electron chi connectivity index (χ4n) is 3.20. The highest BCUT2D eigenvalue weighted by Gasteiger charge is 2.30. The van der Waals surface area contributed by atoms with E-state index in [2.05, 4.69) is 10.6 Å². The highest BCUT2D eigenvalue weighted by atomic mass is 19.4. The number of halogens is 3. The molecule has 5 nitrogen and oxygen atoms in total. The first-order chi connectivity index (χ1) is 13.3. The number of hydrogen-bond acceptors (Lipinski definition) is 2. The molecule has 28 heavy (non-hydrogen) atoms. The van der Waals surface area contributed by atoms with Crippen LogP contribution in [0.3, 0.4) is 0 Å². The Morgan fingerprint density at radius 2 is 1.57 bits per heavy atom. The molecule has 1 aliphatic heterocycles. The summed E-state index contributed by atoms with van der Waals surface area (Å²) in [6.45, 7) is 2.33. The van der Waals surface area contributed by atoms with Crippen molar-refractivity contribution in [1.82, 2.24) is 0 Å². The van der Waals surface area contributed by atoms with Gasteiger partial charge in [-0.3, -0.25) is 9.59 Å². The Morgan fingerprint density at radius 1 is 0.929 bits per heavy atom. The summed E-state index contributed by atoms with van der Waals surface area (Å²) in [6, 6.07) is 10.7. The maximum Gasteiger partial charge on any atom is 0.416 e. The number of amides is 2. The molecule has 2 aromatic carbocycles. The van der Waals surface area contributed by atoms with Crippen LogP contribution < -0.4 is 15.5 Å². The van der Waals surface area contributed by atoms with E-state index in [1.54, 1.807) is 12.1 Å². The molecule has 0 bridgehead atoms. The Kier molecular flexibility index (Phi) is 5.99. The average molecular weight is 392 g/mol. The first-order valence-electron chi connectivity index (χ1n) is 9.03. The lowest BCUT2D eigenvalue weighted by atomic mass is 10.1. The number of quaternary nitrogens is 1. The maximum atomic E-state index is 12.8. The van der Waals surface area contributed by atoms with Crippen LogP contribution in [0.15, 0.2) is 48.5 Å². The second-order valence-corrected chi connectivity index (χ2v) is 6.80. The van der Waals surface area contributed by atoms with Gasteiger partial charge in [0.15, 0.2) is 6.54 Å². The van der Waals surface area contributed by atoms with Crippen LogP contribution in [-0.2, 0) is 11.0 Å².